The Morgan fingerprint density at radius 2 is 1.95 bits per heavy atom. The molecule has 1 rings (SSSR count). The first kappa shape index (κ1) is 16.9. The van der Waals surface area contributed by atoms with Crippen molar-refractivity contribution in [1.29, 1.82) is 0 Å². The third kappa shape index (κ3) is 7.27. The van der Waals surface area contributed by atoms with Crippen LogP contribution in [0.5, 0.6) is 0 Å². The van der Waals surface area contributed by atoms with Crippen LogP contribution in [0.3, 0.4) is 0 Å². The van der Waals surface area contributed by atoms with Crippen molar-refractivity contribution >= 4 is 30.9 Å². The summed E-state index contributed by atoms with van der Waals surface area (Å²) in [7, 11) is -1.50. The average molecular weight is 388 g/mol. The van der Waals surface area contributed by atoms with Crippen molar-refractivity contribution in [3.8, 4) is 0 Å². The van der Waals surface area contributed by atoms with Crippen LogP contribution in [-0.2, 0) is 10.8 Å². The number of aryl methyl sites for hydroxylation is 1. The molecule has 1 aromatic carbocycles. The predicted molar refractivity (Wildman–Crippen MR) is 95.4 cm³/mol. The van der Waals surface area contributed by atoms with Crippen LogP contribution in [-0.4, -0.2) is 18.5 Å². The first-order valence-electron chi connectivity index (χ1n) is 6.85. The predicted octanol–water partition coefficient (Wildman–Crippen LogP) is 5.15. The lowest BCUT2D eigenvalue weighted by Gasteiger charge is -2.28. The van der Waals surface area contributed by atoms with E-state index in [1.54, 1.807) is 0 Å². The van der Waals surface area contributed by atoms with Gasteiger partial charge < -0.3 is 4.43 Å². The summed E-state index contributed by atoms with van der Waals surface area (Å²) >= 11 is 2.45. The maximum absolute atomic E-state index is 6.39. The summed E-state index contributed by atoms with van der Waals surface area (Å²) in [4.78, 5) is 0. The molecule has 0 aliphatic carbocycles. The molecular formula is C16H25IOSi. The molecular weight excluding hydrogens is 363 g/mol. The van der Waals surface area contributed by atoms with E-state index in [0.717, 1.165) is 23.3 Å². The highest BCUT2D eigenvalue weighted by Gasteiger charge is 2.25. The SMILES string of the molecule is C=C(C)CC(CCc1ccccc1)O[Si](C)(C)CI. The van der Waals surface area contributed by atoms with Crippen LogP contribution in [0.15, 0.2) is 42.5 Å². The van der Waals surface area contributed by atoms with Gasteiger partial charge in [-0.3, -0.25) is 0 Å². The molecule has 0 saturated heterocycles. The Bertz CT molecular complexity index is 389. The van der Waals surface area contributed by atoms with Crippen LogP contribution in [0.4, 0.5) is 0 Å². The fraction of sp³-hybridized carbons (Fsp3) is 0.500. The van der Waals surface area contributed by atoms with Crippen molar-refractivity contribution in [2.45, 2.75) is 45.4 Å². The van der Waals surface area contributed by atoms with E-state index in [-0.39, 0.29) is 0 Å². The Balaban J connectivity index is 2.57. The lowest BCUT2D eigenvalue weighted by Crippen LogP contribution is -2.38. The van der Waals surface area contributed by atoms with E-state index in [9.17, 15) is 0 Å². The summed E-state index contributed by atoms with van der Waals surface area (Å²) in [6.45, 7) is 10.7. The van der Waals surface area contributed by atoms with Gasteiger partial charge >= 0.3 is 0 Å². The van der Waals surface area contributed by atoms with E-state index >= 15 is 0 Å². The lowest BCUT2D eigenvalue weighted by atomic mass is 10.0. The molecule has 0 saturated carbocycles. The van der Waals surface area contributed by atoms with Crippen molar-refractivity contribution in [3.63, 3.8) is 0 Å². The highest BCUT2D eigenvalue weighted by atomic mass is 127. The number of alkyl halides is 1. The summed E-state index contributed by atoms with van der Waals surface area (Å²) in [5.41, 5.74) is 2.61. The van der Waals surface area contributed by atoms with Gasteiger partial charge in [-0.05, 0) is 44.8 Å². The highest BCUT2D eigenvalue weighted by Crippen LogP contribution is 2.20. The number of hydrogen-bond acceptors (Lipinski definition) is 1. The zero-order valence-electron chi connectivity index (χ0n) is 12.3. The summed E-state index contributed by atoms with van der Waals surface area (Å²) in [5, 5.41) is 0. The Kier molecular flexibility index (Phi) is 7.32. The van der Waals surface area contributed by atoms with E-state index in [1.807, 2.05) is 0 Å². The quantitative estimate of drug-likeness (QED) is 0.259. The summed E-state index contributed by atoms with van der Waals surface area (Å²) < 4.78 is 7.53. The summed E-state index contributed by atoms with van der Waals surface area (Å²) in [5.74, 6) is 0. The molecule has 0 radical (unpaired) electrons. The van der Waals surface area contributed by atoms with Crippen LogP contribution < -0.4 is 0 Å². The molecule has 3 heteroatoms. The molecule has 0 heterocycles. The van der Waals surface area contributed by atoms with Crippen molar-refractivity contribution in [2.24, 2.45) is 0 Å². The van der Waals surface area contributed by atoms with E-state index in [2.05, 4.69) is 79.5 Å². The minimum Gasteiger partial charge on any atom is -0.413 e. The molecule has 0 N–H and O–H groups in total. The first-order chi connectivity index (χ1) is 8.93. The normalized spacial score (nSPS) is 13.3. The lowest BCUT2D eigenvalue weighted by molar-refractivity contribution is 0.184. The van der Waals surface area contributed by atoms with Gasteiger partial charge in [0.2, 0.25) is 0 Å². The van der Waals surface area contributed by atoms with Gasteiger partial charge in [0.05, 0.1) is 0 Å². The number of hydrogen-bond donors (Lipinski definition) is 0. The molecule has 106 valence electrons. The van der Waals surface area contributed by atoms with Gasteiger partial charge in [0, 0.05) is 10.2 Å². The van der Waals surface area contributed by atoms with Crippen molar-refractivity contribution in [1.82, 2.24) is 0 Å². The largest absolute Gasteiger partial charge is 0.413 e. The number of halogens is 1. The molecule has 0 spiro atoms. The molecule has 1 aromatic rings. The fourth-order valence-electron chi connectivity index (χ4n) is 2.05. The molecule has 0 bridgehead atoms. The van der Waals surface area contributed by atoms with Gasteiger partial charge in [-0.2, -0.15) is 0 Å². The number of rotatable bonds is 8. The minimum atomic E-state index is -1.50. The number of benzene rings is 1. The highest BCUT2D eigenvalue weighted by molar-refractivity contribution is 14.1. The summed E-state index contributed by atoms with van der Waals surface area (Å²) in [6.07, 6.45) is 3.49. The Hall–Kier alpha value is -0.133. The second-order valence-corrected chi connectivity index (χ2v) is 12.1. The van der Waals surface area contributed by atoms with Gasteiger partial charge in [0.25, 0.3) is 0 Å². The average Bonchev–Trinajstić information content (AvgIpc) is 2.36. The zero-order chi connectivity index (χ0) is 14.3. The molecule has 0 aromatic heterocycles. The maximum atomic E-state index is 6.39. The van der Waals surface area contributed by atoms with E-state index < -0.39 is 8.32 Å². The Labute approximate surface area is 132 Å². The van der Waals surface area contributed by atoms with Crippen LogP contribution in [0.2, 0.25) is 13.1 Å². The first-order valence-corrected chi connectivity index (χ1v) is 11.5. The van der Waals surface area contributed by atoms with Gasteiger partial charge in [0.15, 0.2) is 8.32 Å². The molecule has 1 nitrogen and oxygen atoms in total. The van der Waals surface area contributed by atoms with Gasteiger partial charge in [-0.25, -0.2) is 0 Å². The second kappa shape index (κ2) is 8.22. The van der Waals surface area contributed by atoms with Crippen molar-refractivity contribution < 1.29 is 4.43 Å². The van der Waals surface area contributed by atoms with E-state index in [1.165, 1.54) is 11.1 Å². The second-order valence-electron chi connectivity index (χ2n) is 5.82. The van der Waals surface area contributed by atoms with Crippen molar-refractivity contribution in [2.75, 3.05) is 4.05 Å². The molecule has 0 aliphatic rings. The third-order valence-corrected chi connectivity index (χ3v) is 10.1. The molecule has 0 amide bonds. The fourth-order valence-corrected chi connectivity index (χ4v) is 3.75. The molecule has 0 fully saturated rings. The molecule has 1 unspecified atom stereocenters. The van der Waals surface area contributed by atoms with Crippen LogP contribution in [0.1, 0.15) is 25.3 Å². The van der Waals surface area contributed by atoms with E-state index in [0.29, 0.717) is 6.10 Å². The minimum absolute atomic E-state index is 0.328. The maximum Gasteiger partial charge on any atom is 0.196 e. The third-order valence-electron chi connectivity index (χ3n) is 2.98. The van der Waals surface area contributed by atoms with Crippen molar-refractivity contribution in [3.05, 3.63) is 48.0 Å². The monoisotopic (exact) mass is 388 g/mol. The van der Waals surface area contributed by atoms with E-state index in [4.69, 9.17) is 4.43 Å². The Morgan fingerprint density at radius 1 is 1.32 bits per heavy atom. The standard InChI is InChI=1S/C16H25IOSi/c1-14(2)12-16(18-19(3,4)13-17)11-10-15-8-6-5-7-9-15/h5-9,16H,1,10-13H2,2-4H3. The smallest absolute Gasteiger partial charge is 0.196 e. The zero-order valence-corrected chi connectivity index (χ0v) is 15.4. The molecule has 19 heavy (non-hydrogen) atoms. The van der Waals surface area contributed by atoms with Crippen LogP contribution in [0, 0.1) is 0 Å². The molecule has 1 atom stereocenters. The molecule has 0 aliphatic heterocycles. The topological polar surface area (TPSA) is 9.23 Å². The van der Waals surface area contributed by atoms with Gasteiger partial charge in [-0.15, -0.1) is 6.58 Å². The van der Waals surface area contributed by atoms with Gasteiger partial charge in [-0.1, -0.05) is 58.5 Å². The van der Waals surface area contributed by atoms with Gasteiger partial charge in [0.1, 0.15) is 0 Å². The van der Waals surface area contributed by atoms with Crippen LogP contribution >= 0.6 is 22.6 Å². The Morgan fingerprint density at radius 3 is 2.47 bits per heavy atom. The summed E-state index contributed by atoms with van der Waals surface area (Å²) in [6, 6.07) is 10.7. The van der Waals surface area contributed by atoms with Crippen LogP contribution in [0.25, 0.3) is 0 Å².